The van der Waals surface area contributed by atoms with Crippen LogP contribution in [0.15, 0.2) is 42.5 Å². The number of piperazine rings is 1. The Morgan fingerprint density at radius 3 is 2.37 bits per heavy atom. The molecule has 3 rings (SSSR count). The van der Waals surface area contributed by atoms with Gasteiger partial charge in [-0.3, -0.25) is 14.4 Å². The highest BCUT2D eigenvalue weighted by molar-refractivity contribution is 5.92. The lowest BCUT2D eigenvalue weighted by atomic mass is 9.92. The molecule has 27 heavy (non-hydrogen) atoms. The van der Waals surface area contributed by atoms with Gasteiger partial charge >= 0.3 is 0 Å². The Bertz CT molecular complexity index is 793. The van der Waals surface area contributed by atoms with E-state index < -0.39 is 0 Å². The first-order valence-electron chi connectivity index (χ1n) is 9.62. The standard InChI is InChI=1S/C22H30N4O/c1-22(2,3)20-17-19(24(4)23-20)21(27)26-15-13-25(14-16-26)12-8-11-18-9-6-5-7-10-18/h5-11,17H,12-16H2,1-4H3/b11-8+. The molecule has 0 atom stereocenters. The first kappa shape index (κ1) is 19.4. The van der Waals surface area contributed by atoms with Crippen LogP contribution in [0, 0.1) is 0 Å². The number of aryl methyl sites for hydroxylation is 1. The second-order valence-corrected chi connectivity index (χ2v) is 8.19. The van der Waals surface area contributed by atoms with E-state index in [1.54, 1.807) is 4.68 Å². The van der Waals surface area contributed by atoms with Crippen molar-refractivity contribution in [3.8, 4) is 0 Å². The van der Waals surface area contributed by atoms with Crippen molar-refractivity contribution >= 4 is 12.0 Å². The van der Waals surface area contributed by atoms with Crippen LogP contribution in [0.3, 0.4) is 0 Å². The molecule has 0 N–H and O–H groups in total. The molecule has 1 amide bonds. The minimum Gasteiger partial charge on any atom is -0.335 e. The highest BCUT2D eigenvalue weighted by Gasteiger charge is 2.26. The van der Waals surface area contributed by atoms with E-state index in [-0.39, 0.29) is 11.3 Å². The molecule has 1 aliphatic rings. The van der Waals surface area contributed by atoms with Crippen LogP contribution >= 0.6 is 0 Å². The smallest absolute Gasteiger partial charge is 0.272 e. The van der Waals surface area contributed by atoms with Crippen LogP contribution < -0.4 is 0 Å². The molecular formula is C22H30N4O. The zero-order valence-electron chi connectivity index (χ0n) is 16.9. The van der Waals surface area contributed by atoms with Crippen LogP contribution in [-0.4, -0.2) is 58.2 Å². The second-order valence-electron chi connectivity index (χ2n) is 8.19. The SMILES string of the molecule is Cn1nc(C(C)(C)C)cc1C(=O)N1CCN(C/C=C/c2ccccc2)CC1. The number of nitrogens with zero attached hydrogens (tertiary/aromatic N) is 4. The summed E-state index contributed by atoms with van der Waals surface area (Å²) in [5.74, 6) is 0.0833. The van der Waals surface area contributed by atoms with E-state index in [4.69, 9.17) is 0 Å². The third-order valence-electron chi connectivity index (χ3n) is 5.00. The molecule has 5 nitrogen and oxygen atoms in total. The summed E-state index contributed by atoms with van der Waals surface area (Å²) in [5.41, 5.74) is 2.80. The Labute approximate surface area is 162 Å². The zero-order chi connectivity index (χ0) is 19.4. The average Bonchev–Trinajstić information content (AvgIpc) is 3.05. The van der Waals surface area contributed by atoms with Gasteiger partial charge < -0.3 is 4.90 Å². The number of hydrogen-bond donors (Lipinski definition) is 0. The molecule has 1 aliphatic heterocycles. The Hall–Kier alpha value is -2.40. The zero-order valence-corrected chi connectivity index (χ0v) is 16.9. The molecule has 144 valence electrons. The van der Waals surface area contributed by atoms with Crippen LogP contribution in [0.2, 0.25) is 0 Å². The summed E-state index contributed by atoms with van der Waals surface area (Å²) < 4.78 is 1.72. The fourth-order valence-electron chi connectivity index (χ4n) is 3.23. The first-order chi connectivity index (χ1) is 12.8. The molecule has 0 bridgehead atoms. The molecule has 1 aromatic carbocycles. The summed E-state index contributed by atoms with van der Waals surface area (Å²) in [7, 11) is 1.85. The number of amides is 1. The van der Waals surface area contributed by atoms with Gasteiger partial charge in [-0.25, -0.2) is 0 Å². The van der Waals surface area contributed by atoms with E-state index in [0.717, 1.165) is 38.4 Å². The van der Waals surface area contributed by atoms with Crippen molar-refractivity contribution in [3.63, 3.8) is 0 Å². The predicted octanol–water partition coefficient (Wildman–Crippen LogP) is 3.19. The van der Waals surface area contributed by atoms with E-state index >= 15 is 0 Å². The number of benzene rings is 1. The topological polar surface area (TPSA) is 41.4 Å². The second kappa shape index (κ2) is 8.09. The molecule has 1 saturated heterocycles. The van der Waals surface area contributed by atoms with E-state index in [9.17, 15) is 4.79 Å². The number of carbonyl (C=O) groups excluding carboxylic acids is 1. The molecule has 1 aromatic heterocycles. The van der Waals surface area contributed by atoms with Gasteiger partial charge in [0.15, 0.2) is 0 Å². The monoisotopic (exact) mass is 366 g/mol. The minimum absolute atomic E-state index is 0.0555. The molecule has 2 heterocycles. The summed E-state index contributed by atoms with van der Waals surface area (Å²) in [4.78, 5) is 17.2. The largest absolute Gasteiger partial charge is 0.335 e. The van der Waals surface area contributed by atoms with Crippen molar-refractivity contribution in [3.05, 3.63) is 59.4 Å². The van der Waals surface area contributed by atoms with Gasteiger partial charge in [0, 0.05) is 45.2 Å². The first-order valence-corrected chi connectivity index (χ1v) is 9.62. The molecule has 0 aliphatic carbocycles. The molecular weight excluding hydrogens is 336 g/mol. The van der Waals surface area contributed by atoms with Gasteiger partial charge in [0.2, 0.25) is 0 Å². The number of aromatic nitrogens is 2. The maximum atomic E-state index is 12.9. The maximum Gasteiger partial charge on any atom is 0.272 e. The maximum absolute atomic E-state index is 12.9. The molecule has 0 saturated carbocycles. The van der Waals surface area contributed by atoms with Gasteiger partial charge in [-0.15, -0.1) is 0 Å². The normalized spacial score (nSPS) is 16.2. The molecule has 0 spiro atoms. The number of rotatable bonds is 4. The lowest BCUT2D eigenvalue weighted by Crippen LogP contribution is -2.48. The van der Waals surface area contributed by atoms with Gasteiger partial charge in [0.25, 0.3) is 5.91 Å². The lowest BCUT2D eigenvalue weighted by Gasteiger charge is -2.34. The fraction of sp³-hybridized carbons (Fsp3) is 0.455. The van der Waals surface area contributed by atoms with Crippen LogP contribution in [-0.2, 0) is 12.5 Å². The van der Waals surface area contributed by atoms with Crippen LogP contribution in [0.1, 0.15) is 42.5 Å². The summed E-state index contributed by atoms with van der Waals surface area (Å²) in [6.07, 6.45) is 4.35. The van der Waals surface area contributed by atoms with Gasteiger partial charge in [0.1, 0.15) is 5.69 Å². The highest BCUT2D eigenvalue weighted by atomic mass is 16.2. The Morgan fingerprint density at radius 1 is 1.11 bits per heavy atom. The van der Waals surface area contributed by atoms with Gasteiger partial charge in [-0.05, 0) is 11.6 Å². The minimum atomic E-state index is -0.0555. The quantitative estimate of drug-likeness (QED) is 0.834. The average molecular weight is 367 g/mol. The number of hydrogen-bond acceptors (Lipinski definition) is 3. The van der Waals surface area contributed by atoms with E-state index in [1.807, 2.05) is 36.2 Å². The van der Waals surface area contributed by atoms with Gasteiger partial charge in [-0.1, -0.05) is 63.3 Å². The summed E-state index contributed by atoms with van der Waals surface area (Å²) >= 11 is 0. The van der Waals surface area contributed by atoms with Crippen LogP contribution in [0.25, 0.3) is 6.08 Å². The molecule has 5 heteroatoms. The van der Waals surface area contributed by atoms with Crippen molar-refractivity contribution in [1.29, 1.82) is 0 Å². The Kier molecular flexibility index (Phi) is 5.80. The van der Waals surface area contributed by atoms with Gasteiger partial charge in [-0.2, -0.15) is 5.10 Å². The van der Waals surface area contributed by atoms with Crippen molar-refractivity contribution in [2.45, 2.75) is 26.2 Å². The van der Waals surface area contributed by atoms with E-state index in [2.05, 4.69) is 55.1 Å². The molecule has 1 fully saturated rings. The number of carbonyl (C=O) groups is 1. The van der Waals surface area contributed by atoms with Crippen molar-refractivity contribution < 1.29 is 4.79 Å². The Morgan fingerprint density at radius 2 is 1.78 bits per heavy atom. The van der Waals surface area contributed by atoms with E-state index in [0.29, 0.717) is 5.69 Å². The summed E-state index contributed by atoms with van der Waals surface area (Å²) in [6, 6.07) is 12.3. The van der Waals surface area contributed by atoms with Crippen LogP contribution in [0.4, 0.5) is 0 Å². The Balaban J connectivity index is 1.54. The lowest BCUT2D eigenvalue weighted by molar-refractivity contribution is 0.0639. The predicted molar refractivity (Wildman–Crippen MR) is 110 cm³/mol. The van der Waals surface area contributed by atoms with Crippen molar-refractivity contribution in [1.82, 2.24) is 19.6 Å². The van der Waals surface area contributed by atoms with Crippen molar-refractivity contribution in [2.24, 2.45) is 7.05 Å². The van der Waals surface area contributed by atoms with Gasteiger partial charge in [0.05, 0.1) is 5.69 Å². The summed E-state index contributed by atoms with van der Waals surface area (Å²) in [6.45, 7) is 10.6. The fourth-order valence-corrected chi connectivity index (χ4v) is 3.23. The van der Waals surface area contributed by atoms with E-state index in [1.165, 1.54) is 5.56 Å². The third-order valence-corrected chi connectivity index (χ3v) is 5.00. The van der Waals surface area contributed by atoms with Crippen LogP contribution in [0.5, 0.6) is 0 Å². The molecule has 0 radical (unpaired) electrons. The molecule has 2 aromatic rings. The third kappa shape index (κ3) is 4.86. The summed E-state index contributed by atoms with van der Waals surface area (Å²) in [5, 5.41) is 4.53. The van der Waals surface area contributed by atoms with Crippen molar-refractivity contribution in [2.75, 3.05) is 32.7 Å². The molecule has 0 unspecified atom stereocenters. The highest BCUT2D eigenvalue weighted by Crippen LogP contribution is 2.22.